The van der Waals surface area contributed by atoms with Gasteiger partial charge in [0.15, 0.2) is 11.5 Å². The fourth-order valence-corrected chi connectivity index (χ4v) is 6.84. The van der Waals surface area contributed by atoms with E-state index in [4.69, 9.17) is 21.1 Å². The van der Waals surface area contributed by atoms with E-state index in [9.17, 15) is 18.0 Å². The molecule has 44 heavy (non-hydrogen) atoms. The van der Waals surface area contributed by atoms with Crippen LogP contribution in [-0.4, -0.2) is 56.8 Å². The second-order valence-electron chi connectivity index (χ2n) is 11.3. The van der Waals surface area contributed by atoms with Crippen LogP contribution in [0.1, 0.15) is 49.7 Å². The molecule has 1 aliphatic heterocycles. The highest BCUT2D eigenvalue weighted by Gasteiger charge is 2.32. The Balaban J connectivity index is 1.37. The number of nitrogens with zero attached hydrogens (tertiary/aromatic N) is 2. The maximum atomic E-state index is 14.0. The largest absolute Gasteiger partial charge is 0.454 e. The van der Waals surface area contributed by atoms with E-state index in [1.54, 1.807) is 35.2 Å². The number of hydrogen-bond acceptors (Lipinski definition) is 6. The van der Waals surface area contributed by atoms with Crippen LogP contribution in [0.3, 0.4) is 0 Å². The summed E-state index contributed by atoms with van der Waals surface area (Å²) in [5.74, 6) is 0.608. The summed E-state index contributed by atoms with van der Waals surface area (Å²) in [5, 5.41) is 3.78. The lowest BCUT2D eigenvalue weighted by molar-refractivity contribution is -0.141. The van der Waals surface area contributed by atoms with Crippen molar-refractivity contribution in [1.82, 2.24) is 10.2 Å². The normalized spacial score (nSPS) is 15.1. The summed E-state index contributed by atoms with van der Waals surface area (Å²) in [7, 11) is -3.65. The molecule has 2 amide bonds. The number of carbonyl (C=O) groups excluding carboxylic acids is 2. The minimum absolute atomic E-state index is 0.0478. The molecule has 1 N–H and O–H groups in total. The Morgan fingerprint density at radius 3 is 2.36 bits per heavy atom. The van der Waals surface area contributed by atoms with Gasteiger partial charge in [0.05, 0.1) is 11.9 Å². The minimum atomic E-state index is -3.65. The van der Waals surface area contributed by atoms with Gasteiger partial charge in [0, 0.05) is 43.1 Å². The molecule has 0 saturated heterocycles. The summed E-state index contributed by atoms with van der Waals surface area (Å²) in [6, 6.07) is 21.2. The van der Waals surface area contributed by atoms with Crippen molar-refractivity contribution in [3.8, 4) is 11.5 Å². The van der Waals surface area contributed by atoms with Crippen LogP contribution in [0.5, 0.6) is 11.5 Å². The number of sulfonamides is 1. The predicted molar refractivity (Wildman–Crippen MR) is 170 cm³/mol. The minimum Gasteiger partial charge on any atom is -0.454 e. The fraction of sp³-hybridized carbons (Fsp3) is 0.394. The number of carbonyl (C=O) groups is 2. The Hall–Kier alpha value is -3.76. The van der Waals surface area contributed by atoms with Crippen molar-refractivity contribution >= 4 is 39.1 Å². The third-order valence-corrected chi connectivity index (χ3v) is 9.48. The van der Waals surface area contributed by atoms with Crippen LogP contribution in [0.15, 0.2) is 72.8 Å². The number of benzene rings is 3. The van der Waals surface area contributed by atoms with E-state index in [1.165, 1.54) is 4.31 Å². The fourth-order valence-electron chi connectivity index (χ4n) is 5.75. The highest BCUT2D eigenvalue weighted by Crippen LogP contribution is 2.36. The molecule has 1 atom stereocenters. The molecule has 0 radical (unpaired) electrons. The quantitative estimate of drug-likeness (QED) is 0.272. The van der Waals surface area contributed by atoms with Crippen LogP contribution < -0.4 is 19.1 Å². The van der Waals surface area contributed by atoms with Gasteiger partial charge in [-0.2, -0.15) is 0 Å². The second kappa shape index (κ2) is 14.3. The van der Waals surface area contributed by atoms with Crippen LogP contribution in [0.2, 0.25) is 5.02 Å². The number of ether oxygens (including phenoxy) is 2. The third kappa shape index (κ3) is 8.24. The lowest BCUT2D eigenvalue weighted by atomic mass is 10.0. The smallest absolute Gasteiger partial charge is 0.243 e. The van der Waals surface area contributed by atoms with Gasteiger partial charge >= 0.3 is 0 Å². The summed E-state index contributed by atoms with van der Waals surface area (Å²) >= 11 is 6.13. The van der Waals surface area contributed by atoms with Crippen molar-refractivity contribution in [1.29, 1.82) is 0 Å². The summed E-state index contributed by atoms with van der Waals surface area (Å²) in [6.45, 7) is 0.369. The van der Waals surface area contributed by atoms with Gasteiger partial charge in [0.1, 0.15) is 6.04 Å². The highest BCUT2D eigenvalue weighted by atomic mass is 35.5. The zero-order valence-corrected chi connectivity index (χ0v) is 26.4. The lowest BCUT2D eigenvalue weighted by Crippen LogP contribution is -2.52. The number of rotatable bonds is 13. The van der Waals surface area contributed by atoms with Gasteiger partial charge in [0.2, 0.25) is 28.6 Å². The van der Waals surface area contributed by atoms with E-state index >= 15 is 0 Å². The topological polar surface area (TPSA) is 105 Å². The van der Waals surface area contributed by atoms with Crippen LogP contribution >= 0.6 is 11.6 Å². The van der Waals surface area contributed by atoms with Gasteiger partial charge in [-0.3, -0.25) is 13.9 Å². The first-order valence-electron chi connectivity index (χ1n) is 14.9. The molecule has 5 rings (SSSR count). The molecule has 11 heteroatoms. The second-order valence-corrected chi connectivity index (χ2v) is 13.7. The Kier molecular flexibility index (Phi) is 10.3. The zero-order valence-electron chi connectivity index (χ0n) is 24.8. The summed E-state index contributed by atoms with van der Waals surface area (Å²) < 4.78 is 37.6. The summed E-state index contributed by atoms with van der Waals surface area (Å²) in [4.78, 5) is 29.5. The third-order valence-electron chi connectivity index (χ3n) is 8.04. The number of amides is 2. The Bertz CT molecular complexity index is 1550. The zero-order chi connectivity index (χ0) is 31.1. The van der Waals surface area contributed by atoms with Gasteiger partial charge in [-0.05, 0) is 54.7 Å². The molecular formula is C33H38ClN3O6S. The van der Waals surface area contributed by atoms with E-state index in [0.717, 1.165) is 43.1 Å². The van der Waals surface area contributed by atoms with E-state index in [1.807, 2.05) is 42.5 Å². The number of nitrogens with one attached hydrogen (secondary N) is 1. The Morgan fingerprint density at radius 2 is 1.66 bits per heavy atom. The van der Waals surface area contributed by atoms with E-state index in [0.29, 0.717) is 28.6 Å². The number of halogens is 1. The molecule has 1 fully saturated rings. The molecule has 3 aromatic rings. The molecule has 1 heterocycles. The van der Waals surface area contributed by atoms with Crippen molar-refractivity contribution in [3.63, 3.8) is 0 Å². The molecule has 2 aliphatic rings. The van der Waals surface area contributed by atoms with Crippen LogP contribution in [0.4, 0.5) is 5.69 Å². The van der Waals surface area contributed by atoms with E-state index in [2.05, 4.69) is 5.32 Å². The van der Waals surface area contributed by atoms with Gasteiger partial charge in [-0.25, -0.2) is 8.42 Å². The monoisotopic (exact) mass is 639 g/mol. The highest BCUT2D eigenvalue weighted by molar-refractivity contribution is 7.92. The first-order chi connectivity index (χ1) is 21.2. The average Bonchev–Trinajstić information content (AvgIpc) is 3.69. The average molecular weight is 640 g/mol. The van der Waals surface area contributed by atoms with Crippen LogP contribution in [-0.2, 0) is 32.6 Å². The summed E-state index contributed by atoms with van der Waals surface area (Å²) in [6.07, 6.45) is 5.78. The molecule has 234 valence electrons. The summed E-state index contributed by atoms with van der Waals surface area (Å²) in [5.41, 5.74) is 2.21. The SMILES string of the molecule is CS(=O)(=O)N(CCCC(=O)N(Cc1ccc(Cl)cc1)[C@H](Cc1ccccc1)C(=O)NC1CCCC1)c1ccc2c(c1)OCO2. The van der Waals surface area contributed by atoms with Gasteiger partial charge in [-0.1, -0.05) is 66.9 Å². The standard InChI is InChI=1S/C33H38ClN3O6S/c1-44(40,41)37(28-17-18-30-31(21-28)43-23-42-30)19-7-12-32(38)36(22-25-13-15-26(34)16-14-25)29(20-24-8-3-2-4-9-24)33(39)35-27-10-5-6-11-27/h2-4,8-9,13-18,21,27,29H,5-7,10-12,19-20,22-23H2,1H3,(H,35,39)/t29-/m1/s1. The molecule has 1 saturated carbocycles. The Labute approximate surface area is 264 Å². The lowest BCUT2D eigenvalue weighted by Gasteiger charge is -2.33. The molecule has 3 aromatic carbocycles. The molecule has 0 unspecified atom stereocenters. The van der Waals surface area contributed by atoms with Gasteiger partial charge < -0.3 is 19.7 Å². The maximum Gasteiger partial charge on any atom is 0.243 e. The van der Waals surface area contributed by atoms with E-state index in [-0.39, 0.29) is 50.6 Å². The number of anilines is 1. The molecule has 9 nitrogen and oxygen atoms in total. The number of fused-ring (bicyclic) bond motifs is 1. The van der Waals surface area contributed by atoms with Crippen molar-refractivity contribution in [3.05, 3.63) is 88.9 Å². The van der Waals surface area contributed by atoms with Gasteiger partial charge in [0.25, 0.3) is 0 Å². The van der Waals surface area contributed by atoms with Crippen molar-refractivity contribution in [2.75, 3.05) is 23.9 Å². The molecule has 0 spiro atoms. The molecule has 1 aliphatic carbocycles. The number of hydrogen-bond donors (Lipinski definition) is 1. The molecular weight excluding hydrogens is 602 g/mol. The maximum absolute atomic E-state index is 14.0. The van der Waals surface area contributed by atoms with Gasteiger partial charge in [-0.15, -0.1) is 0 Å². The molecule has 0 aromatic heterocycles. The van der Waals surface area contributed by atoms with Crippen LogP contribution in [0, 0.1) is 0 Å². The van der Waals surface area contributed by atoms with Crippen molar-refractivity contribution in [2.45, 2.75) is 63.6 Å². The molecule has 0 bridgehead atoms. The first kappa shape index (κ1) is 31.7. The first-order valence-corrected chi connectivity index (χ1v) is 17.2. The van der Waals surface area contributed by atoms with Crippen molar-refractivity contribution < 1.29 is 27.5 Å². The van der Waals surface area contributed by atoms with E-state index < -0.39 is 16.1 Å². The van der Waals surface area contributed by atoms with Crippen LogP contribution in [0.25, 0.3) is 0 Å². The Morgan fingerprint density at radius 1 is 0.955 bits per heavy atom. The predicted octanol–water partition coefficient (Wildman–Crippen LogP) is 5.31. The van der Waals surface area contributed by atoms with Crippen molar-refractivity contribution in [2.24, 2.45) is 0 Å².